The van der Waals surface area contributed by atoms with Crippen LogP contribution in [0.25, 0.3) is 0 Å². The highest BCUT2D eigenvalue weighted by Crippen LogP contribution is 2.29. The Labute approximate surface area is 94.2 Å². The highest BCUT2D eigenvalue weighted by Gasteiger charge is 2.29. The minimum atomic E-state index is 0.491. The molecule has 0 spiro atoms. The minimum absolute atomic E-state index is 0.491. The summed E-state index contributed by atoms with van der Waals surface area (Å²) in [6, 6.07) is 2.08. The first-order valence-electron chi connectivity index (χ1n) is 6.68. The molecule has 4 unspecified atom stereocenters. The molecule has 0 amide bonds. The van der Waals surface area contributed by atoms with E-state index in [4.69, 9.17) is 5.73 Å². The van der Waals surface area contributed by atoms with Gasteiger partial charge < -0.3 is 5.73 Å². The van der Waals surface area contributed by atoms with Crippen LogP contribution in [-0.2, 0) is 0 Å². The molecular formula is C13H26N2. The Morgan fingerprint density at radius 2 is 1.73 bits per heavy atom. The van der Waals surface area contributed by atoms with E-state index in [2.05, 4.69) is 18.7 Å². The molecule has 2 fully saturated rings. The van der Waals surface area contributed by atoms with Crippen molar-refractivity contribution in [2.24, 2.45) is 11.7 Å². The number of nitrogens with two attached hydrogens (primary N) is 1. The fraction of sp³-hybridized carbons (Fsp3) is 1.00. The highest BCUT2D eigenvalue weighted by atomic mass is 15.2. The second kappa shape index (κ2) is 4.84. The molecule has 1 aliphatic carbocycles. The third kappa shape index (κ3) is 2.73. The van der Waals surface area contributed by atoms with Gasteiger partial charge in [-0.15, -0.1) is 0 Å². The van der Waals surface area contributed by atoms with Crippen molar-refractivity contribution in [3.8, 4) is 0 Å². The van der Waals surface area contributed by atoms with Crippen molar-refractivity contribution in [1.29, 1.82) is 0 Å². The van der Waals surface area contributed by atoms with Crippen LogP contribution in [0.15, 0.2) is 0 Å². The predicted octanol–water partition coefficient (Wildman–Crippen LogP) is 2.38. The van der Waals surface area contributed by atoms with Gasteiger partial charge in [-0.3, -0.25) is 4.90 Å². The van der Waals surface area contributed by atoms with Crippen molar-refractivity contribution in [3.63, 3.8) is 0 Å². The summed E-state index contributed by atoms with van der Waals surface area (Å²) in [5.74, 6) is 0.878. The standard InChI is InChI=1S/C13H26N2/c1-10-4-3-5-11(2)15(10)9-12-6-7-13(14)8-12/h10-13H,3-9,14H2,1-2H3. The fourth-order valence-corrected chi connectivity index (χ4v) is 3.41. The lowest BCUT2D eigenvalue weighted by molar-refractivity contribution is 0.0846. The molecule has 0 aromatic carbocycles. The van der Waals surface area contributed by atoms with Gasteiger partial charge in [-0.25, -0.2) is 0 Å². The Morgan fingerprint density at radius 1 is 1.07 bits per heavy atom. The molecule has 88 valence electrons. The normalized spacial score (nSPS) is 43.4. The highest BCUT2D eigenvalue weighted by molar-refractivity contribution is 4.85. The number of hydrogen-bond acceptors (Lipinski definition) is 2. The number of rotatable bonds is 2. The summed E-state index contributed by atoms with van der Waals surface area (Å²) in [6.07, 6.45) is 8.07. The Hall–Kier alpha value is -0.0800. The quantitative estimate of drug-likeness (QED) is 0.758. The molecule has 0 bridgehead atoms. The maximum atomic E-state index is 5.98. The summed E-state index contributed by atoms with van der Waals surface area (Å²) in [5, 5.41) is 0. The lowest BCUT2D eigenvalue weighted by Crippen LogP contribution is -2.45. The molecule has 2 aliphatic rings. The van der Waals surface area contributed by atoms with Crippen molar-refractivity contribution in [3.05, 3.63) is 0 Å². The third-order valence-corrected chi connectivity index (χ3v) is 4.43. The molecule has 0 aromatic rings. The maximum Gasteiger partial charge on any atom is 0.00698 e. The molecule has 1 aliphatic heterocycles. The molecule has 2 N–H and O–H groups in total. The Morgan fingerprint density at radius 3 is 2.27 bits per heavy atom. The zero-order valence-corrected chi connectivity index (χ0v) is 10.3. The Kier molecular flexibility index (Phi) is 3.68. The predicted molar refractivity (Wildman–Crippen MR) is 64.8 cm³/mol. The Balaban J connectivity index is 1.86. The summed E-state index contributed by atoms with van der Waals surface area (Å²) in [5.41, 5.74) is 5.98. The summed E-state index contributed by atoms with van der Waals surface area (Å²) < 4.78 is 0. The molecule has 2 rings (SSSR count). The van der Waals surface area contributed by atoms with Gasteiger partial charge in [-0.05, 0) is 51.9 Å². The fourth-order valence-electron chi connectivity index (χ4n) is 3.41. The van der Waals surface area contributed by atoms with Gasteiger partial charge in [0, 0.05) is 24.7 Å². The second-order valence-corrected chi connectivity index (χ2v) is 5.76. The number of likely N-dealkylation sites (tertiary alicyclic amines) is 1. The molecule has 1 saturated carbocycles. The summed E-state index contributed by atoms with van der Waals surface area (Å²) in [4.78, 5) is 2.73. The SMILES string of the molecule is CC1CCCC(C)N1CC1CCC(N)C1. The molecule has 1 saturated heterocycles. The zero-order chi connectivity index (χ0) is 10.8. The van der Waals surface area contributed by atoms with E-state index in [-0.39, 0.29) is 0 Å². The van der Waals surface area contributed by atoms with E-state index in [1.807, 2.05) is 0 Å². The van der Waals surface area contributed by atoms with Crippen LogP contribution < -0.4 is 5.73 Å². The van der Waals surface area contributed by atoms with E-state index in [0.717, 1.165) is 18.0 Å². The van der Waals surface area contributed by atoms with E-state index in [9.17, 15) is 0 Å². The Bertz CT molecular complexity index is 195. The van der Waals surface area contributed by atoms with Crippen molar-refractivity contribution < 1.29 is 0 Å². The van der Waals surface area contributed by atoms with Crippen LogP contribution in [0.1, 0.15) is 52.4 Å². The van der Waals surface area contributed by atoms with Crippen LogP contribution in [0.3, 0.4) is 0 Å². The van der Waals surface area contributed by atoms with Crippen molar-refractivity contribution in [2.75, 3.05) is 6.54 Å². The van der Waals surface area contributed by atoms with Gasteiger partial charge in [-0.2, -0.15) is 0 Å². The average molecular weight is 210 g/mol. The zero-order valence-electron chi connectivity index (χ0n) is 10.3. The summed E-state index contributed by atoms with van der Waals surface area (Å²) >= 11 is 0. The van der Waals surface area contributed by atoms with Gasteiger partial charge in [0.05, 0.1) is 0 Å². The lowest BCUT2D eigenvalue weighted by atomic mass is 9.95. The lowest BCUT2D eigenvalue weighted by Gasteiger charge is -2.40. The van der Waals surface area contributed by atoms with Crippen LogP contribution in [0.5, 0.6) is 0 Å². The van der Waals surface area contributed by atoms with Crippen molar-refractivity contribution in [1.82, 2.24) is 4.90 Å². The van der Waals surface area contributed by atoms with Crippen molar-refractivity contribution >= 4 is 0 Å². The van der Waals surface area contributed by atoms with E-state index in [1.165, 1.54) is 45.1 Å². The smallest absolute Gasteiger partial charge is 0.00698 e. The first-order valence-corrected chi connectivity index (χ1v) is 6.68. The van der Waals surface area contributed by atoms with Gasteiger partial charge in [0.2, 0.25) is 0 Å². The minimum Gasteiger partial charge on any atom is -0.328 e. The van der Waals surface area contributed by atoms with Gasteiger partial charge in [0.15, 0.2) is 0 Å². The molecule has 2 nitrogen and oxygen atoms in total. The molecule has 15 heavy (non-hydrogen) atoms. The first kappa shape index (κ1) is 11.4. The van der Waals surface area contributed by atoms with Gasteiger partial charge in [0.25, 0.3) is 0 Å². The third-order valence-electron chi connectivity index (χ3n) is 4.43. The van der Waals surface area contributed by atoms with Crippen LogP contribution in [0, 0.1) is 5.92 Å². The van der Waals surface area contributed by atoms with E-state index in [1.54, 1.807) is 0 Å². The first-order chi connectivity index (χ1) is 7.16. The summed E-state index contributed by atoms with van der Waals surface area (Å²) in [7, 11) is 0. The van der Waals surface area contributed by atoms with Gasteiger partial charge in [-0.1, -0.05) is 6.42 Å². The van der Waals surface area contributed by atoms with E-state index >= 15 is 0 Å². The largest absolute Gasteiger partial charge is 0.328 e. The molecule has 0 radical (unpaired) electrons. The van der Waals surface area contributed by atoms with E-state index < -0.39 is 0 Å². The maximum absolute atomic E-state index is 5.98. The average Bonchev–Trinajstić information content (AvgIpc) is 2.58. The molecule has 4 atom stereocenters. The number of nitrogens with zero attached hydrogens (tertiary/aromatic N) is 1. The van der Waals surface area contributed by atoms with E-state index in [0.29, 0.717) is 6.04 Å². The molecule has 2 heteroatoms. The molecular weight excluding hydrogens is 184 g/mol. The molecule has 0 aromatic heterocycles. The monoisotopic (exact) mass is 210 g/mol. The van der Waals surface area contributed by atoms with Gasteiger partial charge in [0.1, 0.15) is 0 Å². The van der Waals surface area contributed by atoms with Gasteiger partial charge >= 0.3 is 0 Å². The number of hydrogen-bond donors (Lipinski definition) is 1. The van der Waals surface area contributed by atoms with Crippen LogP contribution >= 0.6 is 0 Å². The van der Waals surface area contributed by atoms with Crippen LogP contribution in [-0.4, -0.2) is 29.6 Å². The number of piperidine rings is 1. The molecule has 1 heterocycles. The second-order valence-electron chi connectivity index (χ2n) is 5.76. The van der Waals surface area contributed by atoms with Crippen LogP contribution in [0.2, 0.25) is 0 Å². The van der Waals surface area contributed by atoms with Crippen molar-refractivity contribution in [2.45, 2.75) is 70.5 Å². The summed E-state index contributed by atoms with van der Waals surface area (Å²) in [6.45, 7) is 6.09. The van der Waals surface area contributed by atoms with Crippen LogP contribution in [0.4, 0.5) is 0 Å². The topological polar surface area (TPSA) is 29.3 Å².